The molecule has 1 aromatic rings. The van der Waals surface area contributed by atoms with E-state index in [0.29, 0.717) is 12.6 Å². The van der Waals surface area contributed by atoms with Crippen molar-refractivity contribution < 1.29 is 9.53 Å². The van der Waals surface area contributed by atoms with Gasteiger partial charge in [0.05, 0.1) is 6.61 Å². The SMILES string of the molecule is CCCN(C(=O)c1ccc(COC)cc1)C1CCNC1. The lowest BCUT2D eigenvalue weighted by Gasteiger charge is -2.28. The molecule has 1 N–H and O–H groups in total. The number of benzene rings is 1. The Morgan fingerprint density at radius 2 is 2.15 bits per heavy atom. The Morgan fingerprint density at radius 3 is 2.70 bits per heavy atom. The van der Waals surface area contributed by atoms with Crippen LogP contribution >= 0.6 is 0 Å². The summed E-state index contributed by atoms with van der Waals surface area (Å²) in [5, 5.41) is 3.33. The van der Waals surface area contributed by atoms with E-state index in [4.69, 9.17) is 4.74 Å². The third-order valence-corrected chi connectivity index (χ3v) is 3.71. The number of nitrogens with one attached hydrogen (secondary N) is 1. The van der Waals surface area contributed by atoms with Gasteiger partial charge in [0, 0.05) is 31.8 Å². The lowest BCUT2D eigenvalue weighted by molar-refractivity contribution is 0.0692. The van der Waals surface area contributed by atoms with E-state index in [9.17, 15) is 4.79 Å². The number of carbonyl (C=O) groups is 1. The smallest absolute Gasteiger partial charge is 0.254 e. The molecule has 110 valence electrons. The fraction of sp³-hybridized carbons (Fsp3) is 0.562. The topological polar surface area (TPSA) is 41.6 Å². The molecule has 0 aromatic heterocycles. The standard InChI is InChI=1S/C16H24N2O2/c1-3-10-18(15-8-9-17-11-15)16(19)14-6-4-13(5-7-14)12-20-2/h4-7,15,17H,3,8-12H2,1-2H3. The van der Waals surface area contributed by atoms with Gasteiger partial charge in [0.2, 0.25) is 0 Å². The average Bonchev–Trinajstić information content (AvgIpc) is 2.99. The van der Waals surface area contributed by atoms with Gasteiger partial charge in [-0.25, -0.2) is 0 Å². The Labute approximate surface area is 121 Å². The number of hydrogen-bond donors (Lipinski definition) is 1. The maximum absolute atomic E-state index is 12.7. The normalized spacial score (nSPS) is 18.2. The molecule has 4 heteroatoms. The zero-order chi connectivity index (χ0) is 14.4. The molecule has 0 spiro atoms. The number of methoxy groups -OCH3 is 1. The molecule has 1 heterocycles. The molecule has 1 aliphatic rings. The van der Waals surface area contributed by atoms with E-state index in [2.05, 4.69) is 12.2 Å². The fourth-order valence-corrected chi connectivity index (χ4v) is 2.67. The molecule has 4 nitrogen and oxygen atoms in total. The van der Waals surface area contributed by atoms with Crippen molar-refractivity contribution in [2.45, 2.75) is 32.4 Å². The molecule has 0 bridgehead atoms. The Bertz CT molecular complexity index is 425. The summed E-state index contributed by atoms with van der Waals surface area (Å²) in [4.78, 5) is 14.7. The minimum atomic E-state index is 0.143. The van der Waals surface area contributed by atoms with Gasteiger partial charge in [0.25, 0.3) is 5.91 Å². The number of nitrogens with zero attached hydrogens (tertiary/aromatic N) is 1. The largest absolute Gasteiger partial charge is 0.380 e. The zero-order valence-electron chi connectivity index (χ0n) is 12.4. The molecule has 1 amide bonds. The summed E-state index contributed by atoms with van der Waals surface area (Å²) in [6.45, 7) is 5.44. The Kier molecular flexibility index (Phi) is 5.56. The van der Waals surface area contributed by atoms with Crippen molar-refractivity contribution in [3.63, 3.8) is 0 Å². The van der Waals surface area contributed by atoms with E-state index >= 15 is 0 Å². The van der Waals surface area contributed by atoms with Crippen molar-refractivity contribution in [1.29, 1.82) is 0 Å². The van der Waals surface area contributed by atoms with Gasteiger partial charge in [-0.05, 0) is 37.1 Å². The van der Waals surface area contributed by atoms with E-state index in [1.807, 2.05) is 29.2 Å². The second-order valence-electron chi connectivity index (χ2n) is 5.28. The summed E-state index contributed by atoms with van der Waals surface area (Å²) in [6, 6.07) is 8.08. The quantitative estimate of drug-likeness (QED) is 0.864. The minimum Gasteiger partial charge on any atom is -0.380 e. The maximum Gasteiger partial charge on any atom is 0.254 e. The summed E-state index contributed by atoms with van der Waals surface area (Å²) in [5.41, 5.74) is 1.86. The van der Waals surface area contributed by atoms with Crippen molar-refractivity contribution in [2.24, 2.45) is 0 Å². The summed E-state index contributed by atoms with van der Waals surface area (Å²) in [5.74, 6) is 0.143. The number of hydrogen-bond acceptors (Lipinski definition) is 3. The van der Waals surface area contributed by atoms with Crippen LogP contribution in [0.1, 0.15) is 35.7 Å². The molecular formula is C16H24N2O2. The van der Waals surface area contributed by atoms with Gasteiger partial charge < -0.3 is 15.0 Å². The van der Waals surface area contributed by atoms with Crippen LogP contribution in [0.4, 0.5) is 0 Å². The van der Waals surface area contributed by atoms with Gasteiger partial charge in [0.15, 0.2) is 0 Å². The van der Waals surface area contributed by atoms with E-state index in [1.54, 1.807) is 7.11 Å². The zero-order valence-corrected chi connectivity index (χ0v) is 12.4. The van der Waals surface area contributed by atoms with Gasteiger partial charge in [0.1, 0.15) is 0 Å². The second-order valence-corrected chi connectivity index (χ2v) is 5.28. The first-order valence-electron chi connectivity index (χ1n) is 7.35. The second kappa shape index (κ2) is 7.41. The van der Waals surface area contributed by atoms with Crippen molar-refractivity contribution in [3.8, 4) is 0 Å². The first-order chi connectivity index (χ1) is 9.76. The van der Waals surface area contributed by atoms with Gasteiger partial charge in [-0.1, -0.05) is 19.1 Å². The van der Waals surface area contributed by atoms with E-state index < -0.39 is 0 Å². The molecule has 1 saturated heterocycles. The number of amides is 1. The molecule has 0 saturated carbocycles. The maximum atomic E-state index is 12.7. The summed E-state index contributed by atoms with van der Waals surface area (Å²) < 4.78 is 5.09. The first-order valence-corrected chi connectivity index (χ1v) is 7.35. The molecule has 1 aliphatic heterocycles. The molecular weight excluding hydrogens is 252 g/mol. The van der Waals surface area contributed by atoms with E-state index in [0.717, 1.165) is 43.6 Å². The minimum absolute atomic E-state index is 0.143. The number of rotatable bonds is 6. The molecule has 1 fully saturated rings. The predicted molar refractivity (Wildman–Crippen MR) is 79.8 cm³/mol. The van der Waals surface area contributed by atoms with Crippen molar-refractivity contribution in [3.05, 3.63) is 35.4 Å². The number of ether oxygens (including phenoxy) is 1. The van der Waals surface area contributed by atoms with Crippen LogP contribution in [0.25, 0.3) is 0 Å². The van der Waals surface area contributed by atoms with Crippen LogP contribution in [0.5, 0.6) is 0 Å². The van der Waals surface area contributed by atoms with Gasteiger partial charge >= 0.3 is 0 Å². The predicted octanol–water partition coefficient (Wildman–Crippen LogP) is 2.05. The summed E-state index contributed by atoms with van der Waals surface area (Å²) in [7, 11) is 1.68. The van der Waals surface area contributed by atoms with Crippen molar-refractivity contribution >= 4 is 5.91 Å². The summed E-state index contributed by atoms with van der Waals surface area (Å²) >= 11 is 0. The molecule has 1 aromatic carbocycles. The van der Waals surface area contributed by atoms with E-state index in [1.165, 1.54) is 0 Å². The van der Waals surface area contributed by atoms with Crippen LogP contribution in [0.3, 0.4) is 0 Å². The summed E-state index contributed by atoms with van der Waals surface area (Å²) in [6.07, 6.45) is 2.04. The highest BCUT2D eigenvalue weighted by Gasteiger charge is 2.26. The van der Waals surface area contributed by atoms with Gasteiger partial charge in [-0.3, -0.25) is 4.79 Å². The highest BCUT2D eigenvalue weighted by atomic mass is 16.5. The Hall–Kier alpha value is -1.39. The Balaban J connectivity index is 2.09. The average molecular weight is 276 g/mol. The Morgan fingerprint density at radius 1 is 1.40 bits per heavy atom. The third-order valence-electron chi connectivity index (χ3n) is 3.71. The third kappa shape index (κ3) is 3.58. The van der Waals surface area contributed by atoms with Gasteiger partial charge in [-0.2, -0.15) is 0 Å². The van der Waals surface area contributed by atoms with E-state index in [-0.39, 0.29) is 5.91 Å². The van der Waals surface area contributed by atoms with Crippen molar-refractivity contribution in [1.82, 2.24) is 10.2 Å². The highest BCUT2D eigenvalue weighted by Crippen LogP contribution is 2.15. The molecule has 2 rings (SSSR count). The van der Waals surface area contributed by atoms with Crippen molar-refractivity contribution in [2.75, 3.05) is 26.7 Å². The molecule has 20 heavy (non-hydrogen) atoms. The molecule has 0 aliphatic carbocycles. The lowest BCUT2D eigenvalue weighted by Crippen LogP contribution is -2.42. The van der Waals surface area contributed by atoms with Gasteiger partial charge in [-0.15, -0.1) is 0 Å². The van der Waals surface area contributed by atoms with Crippen LogP contribution in [0, 0.1) is 0 Å². The van der Waals surface area contributed by atoms with Crippen LogP contribution < -0.4 is 5.32 Å². The highest BCUT2D eigenvalue weighted by molar-refractivity contribution is 5.94. The monoisotopic (exact) mass is 276 g/mol. The van der Waals surface area contributed by atoms with Crippen LogP contribution in [0.15, 0.2) is 24.3 Å². The number of carbonyl (C=O) groups excluding carboxylic acids is 1. The lowest BCUT2D eigenvalue weighted by atomic mass is 10.1. The van der Waals surface area contributed by atoms with Crippen LogP contribution in [-0.2, 0) is 11.3 Å². The van der Waals surface area contributed by atoms with Crippen LogP contribution in [-0.4, -0.2) is 43.6 Å². The molecule has 1 atom stereocenters. The van der Waals surface area contributed by atoms with Crippen LogP contribution in [0.2, 0.25) is 0 Å². The first kappa shape index (κ1) is 15.0. The molecule has 1 unspecified atom stereocenters. The fourth-order valence-electron chi connectivity index (χ4n) is 2.67. The molecule has 0 radical (unpaired) electrons.